The second-order valence-corrected chi connectivity index (χ2v) is 6.72. The van der Waals surface area contributed by atoms with Crippen LogP contribution in [0.3, 0.4) is 0 Å². The SMILES string of the molecule is CC(C)(O)c1cc(-c2cc3ccc(F)cc3n2C2CC2)cnn1. The lowest BCUT2D eigenvalue weighted by molar-refractivity contribution is 0.0729. The fourth-order valence-electron chi connectivity index (χ4n) is 2.95. The number of aromatic nitrogens is 3. The Bertz CT molecular complexity index is 891. The van der Waals surface area contributed by atoms with Crippen molar-refractivity contribution in [2.45, 2.75) is 38.3 Å². The van der Waals surface area contributed by atoms with Gasteiger partial charge in [-0.05, 0) is 57.0 Å². The maximum absolute atomic E-state index is 13.7. The van der Waals surface area contributed by atoms with Crippen LogP contribution in [-0.4, -0.2) is 19.9 Å². The minimum atomic E-state index is -1.05. The zero-order chi connectivity index (χ0) is 16.2. The second-order valence-electron chi connectivity index (χ2n) is 6.72. The Morgan fingerprint density at radius 1 is 1.22 bits per heavy atom. The molecule has 1 N–H and O–H groups in total. The van der Waals surface area contributed by atoms with E-state index in [1.165, 1.54) is 6.07 Å². The third-order valence-electron chi connectivity index (χ3n) is 4.29. The summed E-state index contributed by atoms with van der Waals surface area (Å²) in [6.45, 7) is 3.37. The molecule has 3 aromatic rings. The molecule has 118 valence electrons. The van der Waals surface area contributed by atoms with E-state index in [1.54, 1.807) is 32.2 Å². The van der Waals surface area contributed by atoms with Gasteiger partial charge in [-0.25, -0.2) is 4.39 Å². The van der Waals surface area contributed by atoms with Crippen LogP contribution in [0, 0.1) is 5.82 Å². The molecule has 4 rings (SSSR count). The van der Waals surface area contributed by atoms with E-state index in [-0.39, 0.29) is 5.82 Å². The molecule has 0 amide bonds. The van der Waals surface area contributed by atoms with Gasteiger partial charge in [-0.1, -0.05) is 0 Å². The molecule has 0 aliphatic heterocycles. The van der Waals surface area contributed by atoms with Gasteiger partial charge in [0.05, 0.1) is 23.1 Å². The average molecular weight is 311 g/mol. The van der Waals surface area contributed by atoms with E-state index in [0.29, 0.717) is 11.7 Å². The van der Waals surface area contributed by atoms with Gasteiger partial charge in [-0.2, -0.15) is 10.2 Å². The van der Waals surface area contributed by atoms with Gasteiger partial charge in [-0.15, -0.1) is 0 Å². The first-order chi connectivity index (χ1) is 10.9. The van der Waals surface area contributed by atoms with Gasteiger partial charge in [0, 0.05) is 17.0 Å². The summed E-state index contributed by atoms with van der Waals surface area (Å²) < 4.78 is 15.8. The molecule has 0 spiro atoms. The summed E-state index contributed by atoms with van der Waals surface area (Å²) in [6.07, 6.45) is 3.90. The van der Waals surface area contributed by atoms with Crippen molar-refractivity contribution in [2.24, 2.45) is 0 Å². The fraction of sp³-hybridized carbons (Fsp3) is 0.333. The van der Waals surface area contributed by atoms with E-state index in [1.807, 2.05) is 6.07 Å². The third-order valence-corrected chi connectivity index (χ3v) is 4.29. The number of fused-ring (bicyclic) bond motifs is 1. The Balaban J connectivity index is 1.94. The van der Waals surface area contributed by atoms with E-state index < -0.39 is 5.60 Å². The van der Waals surface area contributed by atoms with Crippen molar-refractivity contribution < 1.29 is 9.50 Å². The molecular weight excluding hydrogens is 293 g/mol. The minimum Gasteiger partial charge on any atom is -0.384 e. The monoisotopic (exact) mass is 311 g/mol. The molecule has 1 aliphatic rings. The molecule has 0 unspecified atom stereocenters. The van der Waals surface area contributed by atoms with E-state index >= 15 is 0 Å². The molecule has 1 aliphatic carbocycles. The van der Waals surface area contributed by atoms with Crippen LogP contribution in [0.15, 0.2) is 36.5 Å². The lowest BCUT2D eigenvalue weighted by Gasteiger charge is -2.17. The summed E-state index contributed by atoms with van der Waals surface area (Å²) in [5, 5.41) is 19.2. The summed E-state index contributed by atoms with van der Waals surface area (Å²) in [5.74, 6) is -0.228. The van der Waals surface area contributed by atoms with Crippen molar-refractivity contribution in [1.82, 2.24) is 14.8 Å². The van der Waals surface area contributed by atoms with Crippen LogP contribution in [-0.2, 0) is 5.60 Å². The Kier molecular flexibility index (Phi) is 3.03. The van der Waals surface area contributed by atoms with Crippen LogP contribution in [0.25, 0.3) is 22.2 Å². The van der Waals surface area contributed by atoms with E-state index in [2.05, 4.69) is 20.8 Å². The molecule has 4 nitrogen and oxygen atoms in total. The standard InChI is InChI=1S/C18H18FN3O/c1-18(2,23)17-8-12(10-20-21-17)15-7-11-3-4-13(19)9-16(11)22(15)14-5-6-14/h3-4,7-10,14,23H,5-6H2,1-2H3. The normalized spacial score (nSPS) is 15.3. The van der Waals surface area contributed by atoms with Crippen LogP contribution in [0.5, 0.6) is 0 Å². The van der Waals surface area contributed by atoms with Crippen LogP contribution < -0.4 is 0 Å². The predicted octanol–water partition coefficient (Wildman–Crippen LogP) is 3.80. The van der Waals surface area contributed by atoms with Crippen LogP contribution in [0.4, 0.5) is 4.39 Å². The maximum atomic E-state index is 13.7. The molecule has 2 heterocycles. The van der Waals surface area contributed by atoms with Gasteiger partial charge in [0.25, 0.3) is 0 Å². The second kappa shape index (κ2) is 4.86. The molecule has 0 saturated heterocycles. The number of rotatable bonds is 3. The molecule has 2 aromatic heterocycles. The van der Waals surface area contributed by atoms with Gasteiger partial charge >= 0.3 is 0 Å². The lowest BCUT2D eigenvalue weighted by Crippen LogP contribution is -2.18. The van der Waals surface area contributed by atoms with E-state index in [9.17, 15) is 9.50 Å². The minimum absolute atomic E-state index is 0.228. The fourth-order valence-corrected chi connectivity index (χ4v) is 2.95. The number of aliphatic hydroxyl groups is 1. The molecule has 0 bridgehead atoms. The number of nitrogens with zero attached hydrogens (tertiary/aromatic N) is 3. The Morgan fingerprint density at radius 2 is 2.00 bits per heavy atom. The molecule has 1 aromatic carbocycles. The molecular formula is C18H18FN3O. The highest BCUT2D eigenvalue weighted by atomic mass is 19.1. The van der Waals surface area contributed by atoms with Gasteiger partial charge in [0.15, 0.2) is 0 Å². The van der Waals surface area contributed by atoms with Crippen LogP contribution in [0.1, 0.15) is 38.4 Å². The molecule has 0 radical (unpaired) electrons. The smallest absolute Gasteiger partial charge is 0.125 e. The van der Waals surface area contributed by atoms with Gasteiger partial charge < -0.3 is 9.67 Å². The van der Waals surface area contributed by atoms with Crippen molar-refractivity contribution in [2.75, 3.05) is 0 Å². The quantitative estimate of drug-likeness (QED) is 0.800. The molecule has 23 heavy (non-hydrogen) atoms. The third kappa shape index (κ3) is 2.51. The summed E-state index contributed by atoms with van der Waals surface area (Å²) in [7, 11) is 0. The van der Waals surface area contributed by atoms with E-state index in [0.717, 1.165) is 35.0 Å². The topological polar surface area (TPSA) is 50.9 Å². The van der Waals surface area contributed by atoms with Crippen LogP contribution in [0.2, 0.25) is 0 Å². The van der Waals surface area contributed by atoms with Gasteiger partial charge in [0.1, 0.15) is 11.4 Å². The zero-order valence-corrected chi connectivity index (χ0v) is 13.1. The first-order valence-electron chi connectivity index (χ1n) is 7.80. The summed E-state index contributed by atoms with van der Waals surface area (Å²) >= 11 is 0. The summed E-state index contributed by atoms with van der Waals surface area (Å²) in [5.41, 5.74) is 2.26. The Hall–Kier alpha value is -2.27. The largest absolute Gasteiger partial charge is 0.384 e. The summed E-state index contributed by atoms with van der Waals surface area (Å²) in [6, 6.07) is 9.19. The van der Waals surface area contributed by atoms with Crippen molar-refractivity contribution in [1.29, 1.82) is 0 Å². The first-order valence-corrected chi connectivity index (χ1v) is 7.80. The number of hydrogen-bond acceptors (Lipinski definition) is 3. The molecule has 1 saturated carbocycles. The first kappa shape index (κ1) is 14.3. The lowest BCUT2D eigenvalue weighted by atomic mass is 10.0. The van der Waals surface area contributed by atoms with Crippen molar-refractivity contribution in [3.05, 3.63) is 48.0 Å². The highest BCUT2D eigenvalue weighted by Gasteiger charge is 2.28. The number of benzene rings is 1. The molecule has 1 fully saturated rings. The summed E-state index contributed by atoms with van der Waals surface area (Å²) in [4.78, 5) is 0. The molecule has 0 atom stereocenters. The average Bonchev–Trinajstić information content (AvgIpc) is 3.27. The molecule has 5 heteroatoms. The highest BCUT2D eigenvalue weighted by molar-refractivity contribution is 5.87. The number of hydrogen-bond donors (Lipinski definition) is 1. The zero-order valence-electron chi connectivity index (χ0n) is 13.1. The number of halogens is 1. The predicted molar refractivity (Wildman–Crippen MR) is 86.4 cm³/mol. The Labute approximate surface area is 133 Å². The van der Waals surface area contributed by atoms with Crippen molar-refractivity contribution >= 4 is 10.9 Å². The van der Waals surface area contributed by atoms with Gasteiger partial charge in [-0.3, -0.25) is 0 Å². The highest BCUT2D eigenvalue weighted by Crippen LogP contribution is 2.42. The van der Waals surface area contributed by atoms with Crippen molar-refractivity contribution in [3.63, 3.8) is 0 Å². The van der Waals surface area contributed by atoms with Crippen LogP contribution >= 0.6 is 0 Å². The maximum Gasteiger partial charge on any atom is 0.125 e. The van der Waals surface area contributed by atoms with Crippen molar-refractivity contribution in [3.8, 4) is 11.3 Å². The van der Waals surface area contributed by atoms with Gasteiger partial charge in [0.2, 0.25) is 0 Å². The Morgan fingerprint density at radius 3 is 2.70 bits per heavy atom. The van der Waals surface area contributed by atoms with E-state index in [4.69, 9.17) is 0 Å².